The minimum absolute atomic E-state index is 0.0644. The Hall–Kier alpha value is -2.37. The predicted octanol–water partition coefficient (Wildman–Crippen LogP) is 1.51. The lowest BCUT2D eigenvalue weighted by atomic mass is 10.0. The van der Waals surface area contributed by atoms with Crippen molar-refractivity contribution < 1.29 is 14.4 Å². The van der Waals surface area contributed by atoms with Gasteiger partial charge in [0.1, 0.15) is 0 Å². The highest BCUT2D eigenvalue weighted by molar-refractivity contribution is 5.85. The van der Waals surface area contributed by atoms with Gasteiger partial charge in [0.15, 0.2) is 0 Å². The average molecular weight is 331 g/mol. The summed E-state index contributed by atoms with van der Waals surface area (Å²) < 4.78 is 0. The van der Waals surface area contributed by atoms with E-state index in [9.17, 15) is 14.4 Å². The number of hydrogen-bond acceptors (Lipinski definition) is 3. The number of hydrogen-bond donors (Lipinski definition) is 2. The van der Waals surface area contributed by atoms with Crippen molar-refractivity contribution in [3.63, 3.8) is 0 Å². The molecule has 3 amide bonds. The van der Waals surface area contributed by atoms with Crippen LogP contribution < -0.4 is 11.1 Å². The first kappa shape index (κ1) is 18.0. The van der Waals surface area contributed by atoms with Gasteiger partial charge < -0.3 is 16.0 Å². The van der Waals surface area contributed by atoms with Crippen LogP contribution in [0, 0.1) is 0 Å². The molecule has 0 aliphatic heterocycles. The van der Waals surface area contributed by atoms with Crippen LogP contribution in [0.4, 0.5) is 0 Å². The molecule has 1 atom stereocenters. The van der Waals surface area contributed by atoms with Crippen LogP contribution in [0.15, 0.2) is 30.3 Å². The molecule has 6 nitrogen and oxygen atoms in total. The summed E-state index contributed by atoms with van der Waals surface area (Å²) in [7, 11) is 0. The summed E-state index contributed by atoms with van der Waals surface area (Å²) in [6.45, 7) is 1.36. The van der Waals surface area contributed by atoms with Crippen molar-refractivity contribution in [2.45, 2.75) is 51.1 Å². The summed E-state index contributed by atoms with van der Waals surface area (Å²) in [5.74, 6) is -0.853. The van der Waals surface area contributed by atoms with Gasteiger partial charge in [-0.05, 0) is 18.4 Å². The molecule has 1 unspecified atom stereocenters. The Morgan fingerprint density at radius 1 is 1.21 bits per heavy atom. The zero-order valence-electron chi connectivity index (χ0n) is 14.0. The number of amides is 3. The summed E-state index contributed by atoms with van der Waals surface area (Å²) in [5.41, 5.74) is 6.19. The van der Waals surface area contributed by atoms with Gasteiger partial charge in [0.2, 0.25) is 17.7 Å². The molecule has 2 rings (SSSR count). The third-order valence-corrected chi connectivity index (χ3v) is 4.37. The fraction of sp³-hybridized carbons (Fsp3) is 0.500. The van der Waals surface area contributed by atoms with Crippen LogP contribution in [0.5, 0.6) is 0 Å². The van der Waals surface area contributed by atoms with Crippen molar-refractivity contribution in [3.05, 3.63) is 35.9 Å². The topological polar surface area (TPSA) is 92.5 Å². The van der Waals surface area contributed by atoms with Gasteiger partial charge in [0, 0.05) is 13.0 Å². The van der Waals surface area contributed by atoms with Crippen molar-refractivity contribution in [1.29, 1.82) is 0 Å². The molecule has 1 aliphatic carbocycles. The Labute approximate surface area is 142 Å². The summed E-state index contributed by atoms with van der Waals surface area (Å²) in [5, 5.41) is 2.82. The van der Waals surface area contributed by atoms with Gasteiger partial charge in [-0.15, -0.1) is 0 Å². The van der Waals surface area contributed by atoms with Gasteiger partial charge >= 0.3 is 0 Å². The number of nitrogens with zero attached hydrogens (tertiary/aromatic N) is 1. The van der Waals surface area contributed by atoms with E-state index in [1.807, 2.05) is 30.3 Å². The first-order valence-electron chi connectivity index (χ1n) is 8.37. The zero-order valence-corrected chi connectivity index (χ0v) is 14.0. The second-order valence-corrected chi connectivity index (χ2v) is 6.29. The SMILES string of the molecule is CC(=O)NC(CC(=O)N(CC(N)=O)C1CCCC1)c1ccccc1. The normalized spacial score (nSPS) is 15.7. The van der Waals surface area contributed by atoms with E-state index in [1.165, 1.54) is 6.92 Å². The minimum Gasteiger partial charge on any atom is -0.368 e. The van der Waals surface area contributed by atoms with Crippen LogP contribution in [0.1, 0.15) is 50.6 Å². The van der Waals surface area contributed by atoms with E-state index in [0.717, 1.165) is 31.2 Å². The average Bonchev–Trinajstić information content (AvgIpc) is 3.06. The first-order chi connectivity index (χ1) is 11.5. The van der Waals surface area contributed by atoms with Crippen molar-refractivity contribution in [2.75, 3.05) is 6.54 Å². The van der Waals surface area contributed by atoms with E-state index in [4.69, 9.17) is 5.73 Å². The highest BCUT2D eigenvalue weighted by atomic mass is 16.2. The molecule has 1 aromatic carbocycles. The molecule has 6 heteroatoms. The number of carbonyl (C=O) groups is 3. The molecular weight excluding hydrogens is 306 g/mol. The molecule has 3 N–H and O–H groups in total. The third kappa shape index (κ3) is 5.08. The number of rotatable bonds is 7. The van der Waals surface area contributed by atoms with E-state index < -0.39 is 11.9 Å². The zero-order chi connectivity index (χ0) is 17.5. The maximum Gasteiger partial charge on any atom is 0.237 e. The van der Waals surface area contributed by atoms with Gasteiger partial charge in [-0.25, -0.2) is 0 Å². The van der Waals surface area contributed by atoms with Crippen LogP contribution in [0.3, 0.4) is 0 Å². The summed E-state index contributed by atoms with van der Waals surface area (Å²) in [6, 6.07) is 9.03. The molecule has 1 aliphatic rings. The van der Waals surface area contributed by atoms with Gasteiger partial charge in [-0.1, -0.05) is 43.2 Å². The summed E-state index contributed by atoms with van der Waals surface area (Å²) in [4.78, 5) is 37.3. The fourth-order valence-electron chi connectivity index (χ4n) is 3.28. The summed E-state index contributed by atoms with van der Waals surface area (Å²) >= 11 is 0. The molecule has 1 saturated carbocycles. The van der Waals surface area contributed by atoms with Gasteiger partial charge in [0.05, 0.1) is 19.0 Å². The van der Waals surface area contributed by atoms with Crippen molar-refractivity contribution in [1.82, 2.24) is 10.2 Å². The monoisotopic (exact) mass is 331 g/mol. The standard InChI is InChI=1S/C18H25N3O3/c1-13(22)20-16(14-7-3-2-4-8-14)11-18(24)21(12-17(19)23)15-9-5-6-10-15/h2-4,7-8,15-16H,5-6,9-12H2,1H3,(H2,19,23)(H,20,22). The van der Waals surface area contributed by atoms with Crippen molar-refractivity contribution in [2.24, 2.45) is 5.73 Å². The molecule has 0 radical (unpaired) electrons. The fourth-order valence-corrected chi connectivity index (χ4v) is 3.28. The molecule has 1 fully saturated rings. The molecule has 0 saturated heterocycles. The van der Waals surface area contributed by atoms with Gasteiger partial charge in [-0.3, -0.25) is 14.4 Å². The van der Waals surface area contributed by atoms with Crippen LogP contribution in [0.2, 0.25) is 0 Å². The quantitative estimate of drug-likeness (QED) is 0.793. The lowest BCUT2D eigenvalue weighted by molar-refractivity contribution is -0.138. The van der Waals surface area contributed by atoms with Crippen LogP contribution in [-0.4, -0.2) is 35.2 Å². The number of carbonyl (C=O) groups excluding carboxylic acids is 3. The second-order valence-electron chi connectivity index (χ2n) is 6.29. The van der Waals surface area contributed by atoms with E-state index >= 15 is 0 Å². The molecule has 130 valence electrons. The highest BCUT2D eigenvalue weighted by Crippen LogP contribution is 2.26. The smallest absolute Gasteiger partial charge is 0.237 e. The molecule has 24 heavy (non-hydrogen) atoms. The Bertz CT molecular complexity index is 582. The Balaban J connectivity index is 2.14. The van der Waals surface area contributed by atoms with Crippen molar-refractivity contribution in [3.8, 4) is 0 Å². The Morgan fingerprint density at radius 3 is 2.38 bits per heavy atom. The predicted molar refractivity (Wildman–Crippen MR) is 90.8 cm³/mol. The molecule has 0 bridgehead atoms. The molecule has 0 spiro atoms. The highest BCUT2D eigenvalue weighted by Gasteiger charge is 2.29. The lowest BCUT2D eigenvalue weighted by Gasteiger charge is -2.29. The first-order valence-corrected chi connectivity index (χ1v) is 8.37. The van der Waals surface area contributed by atoms with E-state index in [2.05, 4.69) is 5.32 Å². The number of primary amides is 1. The van der Waals surface area contributed by atoms with Gasteiger partial charge in [-0.2, -0.15) is 0 Å². The maximum absolute atomic E-state index is 12.8. The van der Waals surface area contributed by atoms with Gasteiger partial charge in [0.25, 0.3) is 0 Å². The van der Waals surface area contributed by atoms with Crippen LogP contribution >= 0.6 is 0 Å². The molecule has 1 aromatic rings. The third-order valence-electron chi connectivity index (χ3n) is 4.37. The van der Waals surface area contributed by atoms with E-state index in [-0.39, 0.29) is 30.8 Å². The minimum atomic E-state index is -0.508. The van der Waals surface area contributed by atoms with Crippen LogP contribution in [0.25, 0.3) is 0 Å². The van der Waals surface area contributed by atoms with E-state index in [1.54, 1.807) is 4.90 Å². The lowest BCUT2D eigenvalue weighted by Crippen LogP contribution is -2.45. The van der Waals surface area contributed by atoms with Crippen molar-refractivity contribution >= 4 is 17.7 Å². The Morgan fingerprint density at radius 2 is 1.83 bits per heavy atom. The molecular formula is C18H25N3O3. The Kier molecular flexibility index (Phi) is 6.35. The molecule has 0 aromatic heterocycles. The number of nitrogens with two attached hydrogens (primary N) is 1. The van der Waals surface area contributed by atoms with Crippen LogP contribution in [-0.2, 0) is 14.4 Å². The maximum atomic E-state index is 12.8. The molecule has 0 heterocycles. The number of nitrogens with one attached hydrogen (secondary N) is 1. The number of benzene rings is 1. The second kappa shape index (κ2) is 8.47. The van der Waals surface area contributed by atoms with E-state index in [0.29, 0.717) is 0 Å². The largest absolute Gasteiger partial charge is 0.368 e. The summed E-state index contributed by atoms with van der Waals surface area (Å²) in [6.07, 6.45) is 4.03.